The van der Waals surface area contributed by atoms with Crippen LogP contribution in [0.15, 0.2) is 24.3 Å². The van der Waals surface area contributed by atoms with Gasteiger partial charge < -0.3 is 10.1 Å². The highest BCUT2D eigenvalue weighted by Crippen LogP contribution is 2.28. The summed E-state index contributed by atoms with van der Waals surface area (Å²) < 4.78 is 5.48. The number of rotatable bonds is 1. The molecule has 0 bridgehead atoms. The summed E-state index contributed by atoms with van der Waals surface area (Å²) >= 11 is 0. The third kappa shape index (κ3) is 1.49. The van der Waals surface area contributed by atoms with Crippen LogP contribution in [0.1, 0.15) is 6.92 Å². The molecule has 3 nitrogen and oxygen atoms in total. The molecule has 1 unspecified atom stereocenters. The van der Waals surface area contributed by atoms with Gasteiger partial charge in [-0.15, -0.1) is 0 Å². The molecule has 3 heteroatoms. The molecular weight excluding hydrogens is 166 g/mol. The van der Waals surface area contributed by atoms with Gasteiger partial charge in [0, 0.05) is 0 Å². The second-order valence-electron chi connectivity index (χ2n) is 3.09. The predicted octanol–water partition coefficient (Wildman–Crippen LogP) is 1.45. The van der Waals surface area contributed by atoms with Gasteiger partial charge in [0.05, 0.1) is 12.2 Å². The summed E-state index contributed by atoms with van der Waals surface area (Å²) in [5.41, 5.74) is 0.958. The first kappa shape index (κ1) is 8.10. The number of ketones is 1. The lowest BCUT2D eigenvalue weighted by Gasteiger charge is -2.25. The van der Waals surface area contributed by atoms with E-state index in [-0.39, 0.29) is 11.9 Å². The Bertz CT molecular complexity index is 335. The third-order valence-electron chi connectivity index (χ3n) is 2.09. The third-order valence-corrected chi connectivity index (χ3v) is 2.09. The van der Waals surface area contributed by atoms with Crippen LogP contribution in [0.5, 0.6) is 5.75 Å². The number of hydrogen-bond acceptors (Lipinski definition) is 3. The Balaban J connectivity index is 2.24. The molecule has 1 aliphatic heterocycles. The molecule has 0 amide bonds. The average Bonchev–Trinajstić information content (AvgIpc) is 2.17. The predicted molar refractivity (Wildman–Crippen MR) is 50.0 cm³/mol. The van der Waals surface area contributed by atoms with E-state index in [1.807, 2.05) is 24.3 Å². The van der Waals surface area contributed by atoms with Crippen LogP contribution in [0.2, 0.25) is 0 Å². The van der Waals surface area contributed by atoms with Gasteiger partial charge in [-0.1, -0.05) is 12.1 Å². The quantitative estimate of drug-likeness (QED) is 0.705. The van der Waals surface area contributed by atoms with Crippen LogP contribution in [0.25, 0.3) is 0 Å². The smallest absolute Gasteiger partial charge is 0.173 e. The number of benzene rings is 1. The van der Waals surface area contributed by atoms with Crippen molar-refractivity contribution in [3.63, 3.8) is 0 Å². The van der Waals surface area contributed by atoms with Crippen molar-refractivity contribution in [2.24, 2.45) is 0 Å². The summed E-state index contributed by atoms with van der Waals surface area (Å²) in [5.74, 6) is 0.816. The molecule has 0 spiro atoms. The zero-order chi connectivity index (χ0) is 9.26. The number of para-hydroxylation sites is 2. The fourth-order valence-electron chi connectivity index (χ4n) is 1.34. The highest BCUT2D eigenvalue weighted by Gasteiger charge is 2.21. The van der Waals surface area contributed by atoms with Gasteiger partial charge >= 0.3 is 0 Å². The van der Waals surface area contributed by atoms with Crippen LogP contribution in [0, 0.1) is 0 Å². The summed E-state index contributed by atoms with van der Waals surface area (Å²) in [4.78, 5) is 11.0. The summed E-state index contributed by atoms with van der Waals surface area (Å²) in [6.07, 6.45) is -0.338. The van der Waals surface area contributed by atoms with Gasteiger partial charge in [0.15, 0.2) is 11.9 Å². The molecule has 68 valence electrons. The topological polar surface area (TPSA) is 38.3 Å². The molecule has 0 saturated heterocycles. The number of ether oxygens (including phenoxy) is 1. The van der Waals surface area contributed by atoms with Crippen molar-refractivity contribution in [1.82, 2.24) is 0 Å². The fourth-order valence-corrected chi connectivity index (χ4v) is 1.34. The zero-order valence-electron chi connectivity index (χ0n) is 7.41. The van der Waals surface area contributed by atoms with Crippen molar-refractivity contribution < 1.29 is 9.53 Å². The number of fused-ring (bicyclic) bond motifs is 1. The van der Waals surface area contributed by atoms with Crippen LogP contribution < -0.4 is 10.1 Å². The fraction of sp³-hybridized carbons (Fsp3) is 0.300. The number of carbonyl (C=O) groups excluding carboxylic acids is 1. The Morgan fingerprint density at radius 1 is 1.54 bits per heavy atom. The first-order chi connectivity index (χ1) is 6.27. The summed E-state index contributed by atoms with van der Waals surface area (Å²) in [7, 11) is 0. The standard InChI is InChI=1S/C10H11NO2/c1-7(12)10-6-11-8-4-2-3-5-9(8)13-10/h2-5,10-11H,6H2,1H3. The highest BCUT2D eigenvalue weighted by atomic mass is 16.5. The SMILES string of the molecule is CC(=O)C1CNc2ccccc2O1. The lowest BCUT2D eigenvalue weighted by molar-refractivity contribution is -0.123. The minimum absolute atomic E-state index is 0.0574. The van der Waals surface area contributed by atoms with Crippen molar-refractivity contribution in [2.75, 3.05) is 11.9 Å². The van der Waals surface area contributed by atoms with E-state index in [2.05, 4.69) is 5.32 Å². The lowest BCUT2D eigenvalue weighted by atomic mass is 10.2. The van der Waals surface area contributed by atoms with Gasteiger partial charge in [0.25, 0.3) is 0 Å². The van der Waals surface area contributed by atoms with Gasteiger partial charge in [0.2, 0.25) is 0 Å². The molecule has 1 N–H and O–H groups in total. The van der Waals surface area contributed by atoms with E-state index in [1.165, 1.54) is 0 Å². The van der Waals surface area contributed by atoms with Crippen LogP contribution in [0.4, 0.5) is 5.69 Å². The zero-order valence-corrected chi connectivity index (χ0v) is 7.41. The van der Waals surface area contributed by atoms with E-state index < -0.39 is 0 Å². The van der Waals surface area contributed by atoms with E-state index in [0.717, 1.165) is 11.4 Å². The Kier molecular flexibility index (Phi) is 1.93. The highest BCUT2D eigenvalue weighted by molar-refractivity contribution is 5.82. The minimum Gasteiger partial charge on any atom is -0.479 e. The molecule has 2 rings (SSSR count). The molecule has 0 radical (unpaired) electrons. The second kappa shape index (κ2) is 3.09. The van der Waals surface area contributed by atoms with E-state index >= 15 is 0 Å². The van der Waals surface area contributed by atoms with Gasteiger partial charge in [-0.25, -0.2) is 0 Å². The van der Waals surface area contributed by atoms with Crippen molar-refractivity contribution in [3.8, 4) is 5.75 Å². The second-order valence-corrected chi connectivity index (χ2v) is 3.09. The summed E-state index contributed by atoms with van der Waals surface area (Å²) in [6.45, 7) is 2.10. The average molecular weight is 177 g/mol. The van der Waals surface area contributed by atoms with Gasteiger partial charge in [-0.05, 0) is 19.1 Å². The van der Waals surface area contributed by atoms with Gasteiger partial charge in [-0.3, -0.25) is 4.79 Å². The molecule has 1 aliphatic rings. The maximum absolute atomic E-state index is 11.0. The first-order valence-corrected chi connectivity index (χ1v) is 4.27. The Morgan fingerprint density at radius 3 is 3.08 bits per heavy atom. The van der Waals surface area contributed by atoms with Crippen molar-refractivity contribution in [1.29, 1.82) is 0 Å². The van der Waals surface area contributed by atoms with Crippen molar-refractivity contribution >= 4 is 11.5 Å². The molecule has 0 saturated carbocycles. The lowest BCUT2D eigenvalue weighted by Crippen LogP contribution is -2.36. The summed E-state index contributed by atoms with van der Waals surface area (Å²) in [5, 5.41) is 3.15. The minimum atomic E-state index is -0.338. The number of hydrogen-bond donors (Lipinski definition) is 1. The van der Waals surface area contributed by atoms with Crippen LogP contribution in [-0.4, -0.2) is 18.4 Å². The summed E-state index contributed by atoms with van der Waals surface area (Å²) in [6, 6.07) is 7.62. The normalized spacial score (nSPS) is 19.6. The monoisotopic (exact) mass is 177 g/mol. The molecule has 0 aromatic heterocycles. The molecule has 1 aromatic rings. The van der Waals surface area contributed by atoms with E-state index in [1.54, 1.807) is 6.92 Å². The number of nitrogens with one attached hydrogen (secondary N) is 1. The maximum Gasteiger partial charge on any atom is 0.173 e. The molecule has 1 atom stereocenters. The Hall–Kier alpha value is -1.51. The largest absolute Gasteiger partial charge is 0.479 e. The van der Waals surface area contributed by atoms with Crippen LogP contribution in [-0.2, 0) is 4.79 Å². The number of anilines is 1. The Labute approximate surface area is 76.7 Å². The first-order valence-electron chi connectivity index (χ1n) is 4.27. The molecular formula is C10H11NO2. The van der Waals surface area contributed by atoms with Crippen LogP contribution >= 0.6 is 0 Å². The van der Waals surface area contributed by atoms with Gasteiger partial charge in [-0.2, -0.15) is 0 Å². The van der Waals surface area contributed by atoms with Crippen molar-refractivity contribution in [2.45, 2.75) is 13.0 Å². The Morgan fingerprint density at radius 2 is 2.31 bits per heavy atom. The molecule has 1 aromatic carbocycles. The van der Waals surface area contributed by atoms with Crippen LogP contribution in [0.3, 0.4) is 0 Å². The molecule has 0 aliphatic carbocycles. The number of Topliss-reactive ketones (excluding diaryl/α,β-unsaturated/α-hetero) is 1. The van der Waals surface area contributed by atoms with E-state index in [4.69, 9.17) is 4.74 Å². The molecule has 1 heterocycles. The number of carbonyl (C=O) groups is 1. The van der Waals surface area contributed by atoms with E-state index in [9.17, 15) is 4.79 Å². The maximum atomic E-state index is 11.0. The van der Waals surface area contributed by atoms with Gasteiger partial charge in [0.1, 0.15) is 5.75 Å². The molecule has 0 fully saturated rings. The van der Waals surface area contributed by atoms with E-state index in [0.29, 0.717) is 6.54 Å². The molecule has 13 heavy (non-hydrogen) atoms. The van der Waals surface area contributed by atoms with Crippen molar-refractivity contribution in [3.05, 3.63) is 24.3 Å².